The summed E-state index contributed by atoms with van der Waals surface area (Å²) in [5.41, 5.74) is 3.46. The predicted octanol–water partition coefficient (Wildman–Crippen LogP) is 3.94. The van der Waals surface area contributed by atoms with Crippen LogP contribution in [0.2, 0.25) is 0 Å². The summed E-state index contributed by atoms with van der Waals surface area (Å²) < 4.78 is 12.2. The molecule has 1 unspecified atom stereocenters. The molecule has 10 heteroatoms. The fraction of sp³-hybridized carbons (Fsp3) is 0.393. The highest BCUT2D eigenvalue weighted by Crippen LogP contribution is 2.27. The number of H-pyrrole nitrogens is 1. The SMILES string of the molecule is CCOC(=O)Cn1nnnc1C(CC)N(Cc1ccc(C)cc1)Cc1cc2cc(OCC)ccc2[nH]c1=O. The zero-order chi connectivity index (χ0) is 27.1. The lowest BCUT2D eigenvalue weighted by Gasteiger charge is -2.30. The van der Waals surface area contributed by atoms with Gasteiger partial charge in [-0.2, -0.15) is 0 Å². The van der Waals surface area contributed by atoms with Gasteiger partial charge in [-0.1, -0.05) is 36.8 Å². The largest absolute Gasteiger partial charge is 0.494 e. The molecule has 10 nitrogen and oxygen atoms in total. The molecule has 0 saturated heterocycles. The van der Waals surface area contributed by atoms with Crippen molar-refractivity contribution in [3.63, 3.8) is 0 Å². The minimum absolute atomic E-state index is 0.0815. The molecule has 1 atom stereocenters. The van der Waals surface area contributed by atoms with Crippen LogP contribution in [-0.4, -0.2) is 49.3 Å². The van der Waals surface area contributed by atoms with Crippen LogP contribution in [0.3, 0.4) is 0 Å². The summed E-state index contributed by atoms with van der Waals surface area (Å²) in [6.07, 6.45) is 0.662. The van der Waals surface area contributed by atoms with Crippen molar-refractivity contribution in [2.24, 2.45) is 0 Å². The molecule has 0 aliphatic rings. The molecule has 200 valence electrons. The van der Waals surface area contributed by atoms with E-state index in [1.807, 2.05) is 45.0 Å². The van der Waals surface area contributed by atoms with Crippen molar-refractivity contribution in [1.29, 1.82) is 0 Å². The van der Waals surface area contributed by atoms with Gasteiger partial charge in [0.2, 0.25) is 0 Å². The lowest BCUT2D eigenvalue weighted by atomic mass is 10.1. The van der Waals surface area contributed by atoms with E-state index in [0.29, 0.717) is 37.5 Å². The molecule has 0 saturated carbocycles. The molecule has 4 rings (SSSR count). The van der Waals surface area contributed by atoms with Crippen LogP contribution in [-0.2, 0) is 29.2 Å². The van der Waals surface area contributed by atoms with Crippen LogP contribution < -0.4 is 10.3 Å². The number of aromatic amines is 1. The van der Waals surface area contributed by atoms with E-state index in [0.717, 1.165) is 22.2 Å². The number of fused-ring (bicyclic) bond motifs is 1. The molecular weight excluding hydrogens is 484 g/mol. The Balaban J connectivity index is 1.72. The molecule has 2 aromatic carbocycles. The van der Waals surface area contributed by atoms with Crippen molar-refractivity contribution in [1.82, 2.24) is 30.1 Å². The van der Waals surface area contributed by atoms with Gasteiger partial charge in [0.05, 0.1) is 19.3 Å². The number of hydrogen-bond donors (Lipinski definition) is 1. The van der Waals surface area contributed by atoms with E-state index in [4.69, 9.17) is 9.47 Å². The monoisotopic (exact) mass is 518 g/mol. The smallest absolute Gasteiger partial charge is 0.327 e. The van der Waals surface area contributed by atoms with Crippen LogP contribution >= 0.6 is 0 Å². The Labute approximate surface area is 221 Å². The highest BCUT2D eigenvalue weighted by Gasteiger charge is 2.27. The number of aromatic nitrogens is 5. The van der Waals surface area contributed by atoms with Crippen LogP contribution in [0.15, 0.2) is 53.3 Å². The third kappa shape index (κ3) is 6.44. The number of esters is 1. The Kier molecular flexibility index (Phi) is 8.85. The van der Waals surface area contributed by atoms with E-state index in [1.54, 1.807) is 6.92 Å². The highest BCUT2D eigenvalue weighted by atomic mass is 16.5. The summed E-state index contributed by atoms with van der Waals surface area (Å²) in [7, 11) is 0. The summed E-state index contributed by atoms with van der Waals surface area (Å²) in [5, 5.41) is 13.1. The van der Waals surface area contributed by atoms with Crippen molar-refractivity contribution in [3.05, 3.63) is 81.4 Å². The molecule has 2 aromatic heterocycles. The number of nitrogens with one attached hydrogen (secondary N) is 1. The van der Waals surface area contributed by atoms with E-state index in [9.17, 15) is 9.59 Å². The van der Waals surface area contributed by atoms with Crippen LogP contribution in [0.4, 0.5) is 0 Å². The second kappa shape index (κ2) is 12.5. The summed E-state index contributed by atoms with van der Waals surface area (Å²) in [6, 6.07) is 15.6. The fourth-order valence-corrected chi connectivity index (χ4v) is 4.52. The zero-order valence-corrected chi connectivity index (χ0v) is 22.3. The van der Waals surface area contributed by atoms with Crippen molar-refractivity contribution < 1.29 is 14.3 Å². The minimum Gasteiger partial charge on any atom is -0.494 e. The molecule has 0 amide bonds. The molecule has 2 heterocycles. The van der Waals surface area contributed by atoms with E-state index in [1.165, 1.54) is 10.2 Å². The normalized spacial score (nSPS) is 12.1. The number of rotatable bonds is 12. The van der Waals surface area contributed by atoms with Crippen LogP contribution in [0, 0.1) is 6.92 Å². The van der Waals surface area contributed by atoms with Crippen molar-refractivity contribution in [2.45, 2.75) is 59.8 Å². The zero-order valence-electron chi connectivity index (χ0n) is 22.3. The Morgan fingerprint density at radius 3 is 2.55 bits per heavy atom. The van der Waals surface area contributed by atoms with E-state index >= 15 is 0 Å². The quantitative estimate of drug-likeness (QED) is 0.281. The first-order valence-electron chi connectivity index (χ1n) is 12.9. The van der Waals surface area contributed by atoms with Crippen LogP contribution in [0.1, 0.15) is 55.7 Å². The molecule has 4 aromatic rings. The number of pyridine rings is 1. The first kappa shape index (κ1) is 27.0. The van der Waals surface area contributed by atoms with Gasteiger partial charge in [0, 0.05) is 29.6 Å². The van der Waals surface area contributed by atoms with Gasteiger partial charge in [-0.05, 0) is 67.4 Å². The predicted molar refractivity (Wildman–Crippen MR) is 144 cm³/mol. The minimum atomic E-state index is -0.405. The summed E-state index contributed by atoms with van der Waals surface area (Å²) >= 11 is 0. The van der Waals surface area contributed by atoms with E-state index in [2.05, 4.69) is 49.7 Å². The Morgan fingerprint density at radius 1 is 1.05 bits per heavy atom. The molecule has 0 fully saturated rings. The van der Waals surface area contributed by atoms with Crippen LogP contribution in [0.25, 0.3) is 10.9 Å². The van der Waals surface area contributed by atoms with Gasteiger partial charge in [0.15, 0.2) is 5.82 Å². The van der Waals surface area contributed by atoms with Gasteiger partial charge >= 0.3 is 5.97 Å². The number of tetrazole rings is 1. The van der Waals surface area contributed by atoms with Crippen LogP contribution in [0.5, 0.6) is 5.75 Å². The molecule has 0 bridgehead atoms. The van der Waals surface area contributed by atoms with Crippen molar-refractivity contribution in [3.8, 4) is 5.75 Å². The fourth-order valence-electron chi connectivity index (χ4n) is 4.52. The van der Waals surface area contributed by atoms with Gasteiger partial charge < -0.3 is 14.5 Å². The number of carbonyl (C=O) groups is 1. The molecule has 0 radical (unpaired) electrons. The lowest BCUT2D eigenvalue weighted by Crippen LogP contribution is -2.33. The summed E-state index contributed by atoms with van der Waals surface area (Å²) in [4.78, 5) is 30.5. The van der Waals surface area contributed by atoms with E-state index < -0.39 is 5.97 Å². The lowest BCUT2D eigenvalue weighted by molar-refractivity contribution is -0.144. The van der Waals surface area contributed by atoms with Gasteiger partial charge in [0.1, 0.15) is 12.3 Å². The first-order chi connectivity index (χ1) is 18.4. The average molecular weight is 519 g/mol. The number of nitrogens with zero attached hydrogens (tertiary/aromatic N) is 5. The maximum absolute atomic E-state index is 13.1. The van der Waals surface area contributed by atoms with Crippen molar-refractivity contribution in [2.75, 3.05) is 13.2 Å². The summed E-state index contributed by atoms with van der Waals surface area (Å²) in [5.74, 6) is 0.889. The Hall–Kier alpha value is -4.05. The molecule has 0 aliphatic heterocycles. The standard InChI is InChI=1S/C28H34N6O4/c1-5-25(27-30-31-32-34(27)18-26(35)38-7-3)33(16-20-10-8-19(4)9-11-20)17-22-14-21-15-23(37-6-2)12-13-24(21)29-28(22)36/h8-15,25H,5-7,16-18H2,1-4H3,(H,29,36). The molecule has 1 N–H and O–H groups in total. The third-order valence-corrected chi connectivity index (χ3v) is 6.35. The second-order valence-electron chi connectivity index (χ2n) is 9.12. The number of aryl methyl sites for hydroxylation is 1. The summed E-state index contributed by atoms with van der Waals surface area (Å²) in [6.45, 7) is 9.45. The molecule has 0 aliphatic carbocycles. The topological polar surface area (TPSA) is 115 Å². The Bertz CT molecular complexity index is 1430. The number of hydrogen-bond acceptors (Lipinski definition) is 8. The van der Waals surface area contributed by atoms with E-state index in [-0.39, 0.29) is 24.8 Å². The van der Waals surface area contributed by atoms with Gasteiger partial charge in [0.25, 0.3) is 5.56 Å². The highest BCUT2D eigenvalue weighted by molar-refractivity contribution is 5.80. The third-order valence-electron chi connectivity index (χ3n) is 6.35. The molecule has 38 heavy (non-hydrogen) atoms. The second-order valence-corrected chi connectivity index (χ2v) is 9.12. The molecular formula is C28H34N6O4. The number of benzene rings is 2. The van der Waals surface area contributed by atoms with Gasteiger partial charge in [-0.25, -0.2) is 4.68 Å². The number of carbonyl (C=O) groups excluding carboxylic acids is 1. The van der Waals surface area contributed by atoms with Gasteiger partial charge in [-0.3, -0.25) is 14.5 Å². The molecule has 0 spiro atoms. The maximum Gasteiger partial charge on any atom is 0.327 e. The van der Waals surface area contributed by atoms with Crippen molar-refractivity contribution >= 4 is 16.9 Å². The van der Waals surface area contributed by atoms with Gasteiger partial charge in [-0.15, -0.1) is 5.10 Å². The number of ether oxygens (including phenoxy) is 2. The average Bonchev–Trinajstić information content (AvgIpc) is 3.34. The maximum atomic E-state index is 13.1. The first-order valence-corrected chi connectivity index (χ1v) is 12.9. The Morgan fingerprint density at radius 2 is 1.84 bits per heavy atom.